The van der Waals surface area contributed by atoms with Crippen LogP contribution in [0.3, 0.4) is 0 Å². The molecular weight excluding hydrogens is 536 g/mol. The number of aryl methyl sites for hydroxylation is 1. The monoisotopic (exact) mass is 564 g/mol. The number of furan rings is 2. The summed E-state index contributed by atoms with van der Waals surface area (Å²) in [5.74, 6) is -1.08. The van der Waals surface area contributed by atoms with Crippen molar-refractivity contribution in [3.05, 3.63) is 75.0 Å². The molecule has 0 spiro atoms. The number of phenolic OH excluding ortho intramolecular Hbond substituents is 1. The van der Waals surface area contributed by atoms with E-state index in [1.54, 1.807) is 29.7 Å². The average molecular weight is 565 g/mol. The van der Waals surface area contributed by atoms with Crippen LogP contribution >= 0.6 is 0 Å². The summed E-state index contributed by atoms with van der Waals surface area (Å²) >= 11 is 0. The zero-order valence-corrected chi connectivity index (χ0v) is 22.6. The molecule has 4 aromatic rings. The van der Waals surface area contributed by atoms with E-state index >= 15 is 0 Å². The number of carbonyl (C=O) groups is 2. The van der Waals surface area contributed by atoms with Gasteiger partial charge in [-0.05, 0) is 74.2 Å². The first-order valence-corrected chi connectivity index (χ1v) is 12.5. The maximum absolute atomic E-state index is 13.9. The highest BCUT2D eigenvalue weighted by atomic mass is 16.7. The molecule has 0 radical (unpaired) electrons. The van der Waals surface area contributed by atoms with Crippen molar-refractivity contribution >= 4 is 28.7 Å². The largest absolute Gasteiger partial charge is 0.504 e. The Hall–Kier alpha value is -5.33. The highest BCUT2D eigenvalue weighted by Crippen LogP contribution is 2.43. The van der Waals surface area contributed by atoms with Crippen molar-refractivity contribution in [1.29, 1.82) is 0 Å². The predicted molar refractivity (Wildman–Crippen MR) is 148 cm³/mol. The number of ether oxygens (including phenoxy) is 2. The van der Waals surface area contributed by atoms with E-state index in [0.29, 0.717) is 29.5 Å². The zero-order valence-electron chi connectivity index (χ0n) is 22.6. The summed E-state index contributed by atoms with van der Waals surface area (Å²) in [6, 6.07) is 9.46. The second kappa shape index (κ2) is 12.2. The molecule has 214 valence electrons. The third-order valence-corrected chi connectivity index (χ3v) is 6.36. The minimum atomic E-state index is -0.827. The Morgan fingerprint density at radius 1 is 1.20 bits per heavy atom. The topological polar surface area (TPSA) is 193 Å². The lowest BCUT2D eigenvalue weighted by Gasteiger charge is -2.11. The number of aromatic hydroxyl groups is 1. The summed E-state index contributed by atoms with van der Waals surface area (Å²) < 4.78 is 22.5. The van der Waals surface area contributed by atoms with E-state index < -0.39 is 11.0 Å². The molecule has 0 aliphatic carbocycles. The van der Waals surface area contributed by atoms with Gasteiger partial charge in [-0.2, -0.15) is 0 Å². The second-order valence-corrected chi connectivity index (χ2v) is 9.09. The van der Waals surface area contributed by atoms with Crippen molar-refractivity contribution in [1.82, 2.24) is 5.43 Å². The van der Waals surface area contributed by atoms with Gasteiger partial charge in [-0.25, -0.2) is 15.1 Å². The smallest absolute Gasteiger partial charge is 0.311 e. The van der Waals surface area contributed by atoms with Crippen molar-refractivity contribution in [2.45, 2.75) is 33.1 Å². The Labute approximate surface area is 233 Å². The molecule has 2 heterocycles. The number of hydrogen-bond donors (Lipinski definition) is 3. The number of phenols is 1. The van der Waals surface area contributed by atoms with E-state index in [1.807, 2.05) is 13.8 Å². The maximum atomic E-state index is 13.9. The fourth-order valence-electron chi connectivity index (χ4n) is 4.22. The van der Waals surface area contributed by atoms with Crippen LogP contribution in [-0.2, 0) is 4.79 Å². The van der Waals surface area contributed by atoms with Crippen LogP contribution in [0.2, 0.25) is 0 Å². The SMILES string of the molecule is COc1cc(C(=O)c2c(-c3ccco3)oc3c(OC(=O)CCCCN=C(N)N[N+](=O)[O-])c(O)ccc23)cc(C)c1C. The standard InChI is InChI=1S/C28H28N4O9/c1-15-13-17(14-21(38-3)16(15)2)24(35)23-18-9-10-19(33)26(25(18)41-27(23)20-7-6-12-39-20)40-22(34)8-4-5-11-30-28(29)31-32(36)37/h6-7,9-10,12-14,33H,4-5,8,11H2,1-3H3,(H3,29,30,31). The summed E-state index contributed by atoms with van der Waals surface area (Å²) in [6.45, 7) is 3.92. The van der Waals surface area contributed by atoms with Gasteiger partial charge in [0.2, 0.25) is 5.75 Å². The van der Waals surface area contributed by atoms with Crippen molar-refractivity contribution in [3.63, 3.8) is 0 Å². The van der Waals surface area contributed by atoms with Gasteiger partial charge in [-0.1, -0.05) is 5.43 Å². The van der Waals surface area contributed by atoms with Crippen LogP contribution in [0.5, 0.6) is 17.2 Å². The molecule has 41 heavy (non-hydrogen) atoms. The van der Waals surface area contributed by atoms with E-state index in [0.717, 1.165) is 11.1 Å². The molecule has 13 nitrogen and oxygen atoms in total. The molecule has 0 unspecified atom stereocenters. The molecule has 4 rings (SSSR count). The van der Waals surface area contributed by atoms with Crippen LogP contribution in [0.4, 0.5) is 0 Å². The fourth-order valence-corrected chi connectivity index (χ4v) is 4.22. The number of hydrazine groups is 1. The summed E-state index contributed by atoms with van der Waals surface area (Å²) in [5.41, 5.74) is 9.34. The normalized spacial score (nSPS) is 11.4. The Morgan fingerprint density at radius 2 is 1.98 bits per heavy atom. The summed E-state index contributed by atoms with van der Waals surface area (Å²) in [5, 5.41) is 20.4. The highest BCUT2D eigenvalue weighted by Gasteiger charge is 2.29. The van der Waals surface area contributed by atoms with E-state index in [2.05, 4.69) is 4.99 Å². The molecule has 0 atom stereocenters. The number of aliphatic imine (C=N–C) groups is 1. The Bertz CT molecular complexity index is 1640. The Morgan fingerprint density at radius 3 is 2.66 bits per heavy atom. The highest BCUT2D eigenvalue weighted by molar-refractivity contribution is 6.20. The summed E-state index contributed by atoms with van der Waals surface area (Å²) in [6.07, 6.45) is 2.11. The van der Waals surface area contributed by atoms with Crippen molar-refractivity contribution < 1.29 is 38.0 Å². The first-order valence-electron chi connectivity index (χ1n) is 12.5. The van der Waals surface area contributed by atoms with Gasteiger partial charge < -0.3 is 29.1 Å². The van der Waals surface area contributed by atoms with Crippen LogP contribution in [-0.4, -0.2) is 41.5 Å². The lowest BCUT2D eigenvalue weighted by Crippen LogP contribution is -2.36. The molecule has 13 heteroatoms. The quantitative estimate of drug-likeness (QED) is 0.0341. The summed E-state index contributed by atoms with van der Waals surface area (Å²) in [4.78, 5) is 40.7. The fraction of sp³-hybridized carbons (Fsp3) is 0.250. The number of hydrogen-bond acceptors (Lipinski definition) is 10. The van der Waals surface area contributed by atoms with Gasteiger partial charge in [-0.3, -0.25) is 9.59 Å². The third kappa shape index (κ3) is 6.30. The molecule has 0 saturated carbocycles. The number of carbonyl (C=O) groups excluding carboxylic acids is 2. The number of methoxy groups -OCH3 is 1. The van der Waals surface area contributed by atoms with Gasteiger partial charge in [-0.15, -0.1) is 0 Å². The minimum Gasteiger partial charge on any atom is -0.504 e. The van der Waals surface area contributed by atoms with Gasteiger partial charge in [0.15, 0.2) is 33.7 Å². The number of esters is 1. The molecule has 0 aliphatic heterocycles. The Kier molecular flexibility index (Phi) is 8.56. The van der Waals surface area contributed by atoms with Gasteiger partial charge in [0.05, 0.1) is 18.9 Å². The number of ketones is 1. The molecule has 2 aromatic heterocycles. The van der Waals surface area contributed by atoms with Crippen LogP contribution in [0.25, 0.3) is 22.5 Å². The first-order chi connectivity index (χ1) is 19.6. The van der Waals surface area contributed by atoms with Crippen molar-refractivity contribution in [3.8, 4) is 28.8 Å². The lowest BCUT2D eigenvalue weighted by molar-refractivity contribution is -0.525. The predicted octanol–water partition coefficient (Wildman–Crippen LogP) is 4.43. The van der Waals surface area contributed by atoms with Gasteiger partial charge in [0, 0.05) is 23.9 Å². The maximum Gasteiger partial charge on any atom is 0.311 e. The number of nitrogens with zero attached hydrogens (tertiary/aromatic N) is 2. The van der Waals surface area contributed by atoms with Crippen LogP contribution < -0.4 is 20.6 Å². The van der Waals surface area contributed by atoms with E-state index in [9.17, 15) is 24.8 Å². The van der Waals surface area contributed by atoms with Gasteiger partial charge in [0.25, 0.3) is 5.96 Å². The number of nitro groups is 1. The molecule has 0 aliphatic rings. The number of guanidine groups is 1. The van der Waals surface area contributed by atoms with Gasteiger partial charge in [0.1, 0.15) is 5.75 Å². The number of benzene rings is 2. The molecule has 0 fully saturated rings. The Balaban J connectivity index is 1.64. The number of nitrogens with one attached hydrogen (secondary N) is 1. The molecule has 0 bridgehead atoms. The van der Waals surface area contributed by atoms with E-state index in [-0.39, 0.29) is 58.9 Å². The van der Waals surface area contributed by atoms with E-state index in [1.165, 1.54) is 25.5 Å². The van der Waals surface area contributed by atoms with Crippen LogP contribution in [0.1, 0.15) is 46.3 Å². The molecule has 2 aromatic carbocycles. The second-order valence-electron chi connectivity index (χ2n) is 9.09. The first kappa shape index (κ1) is 28.7. The number of unbranched alkanes of at least 4 members (excludes halogenated alkanes) is 1. The number of nitrogens with two attached hydrogens (primary N) is 1. The average Bonchev–Trinajstić information content (AvgIpc) is 3.59. The van der Waals surface area contributed by atoms with Gasteiger partial charge >= 0.3 is 5.97 Å². The van der Waals surface area contributed by atoms with Crippen LogP contribution in [0.15, 0.2) is 56.5 Å². The number of fused-ring (bicyclic) bond motifs is 1. The van der Waals surface area contributed by atoms with Crippen molar-refractivity contribution in [2.24, 2.45) is 10.7 Å². The lowest BCUT2D eigenvalue weighted by atomic mass is 9.96. The van der Waals surface area contributed by atoms with Crippen LogP contribution in [0, 0.1) is 24.0 Å². The summed E-state index contributed by atoms with van der Waals surface area (Å²) in [7, 11) is 1.52. The third-order valence-electron chi connectivity index (χ3n) is 6.36. The molecular formula is C28H28N4O9. The number of rotatable bonds is 11. The van der Waals surface area contributed by atoms with Crippen molar-refractivity contribution in [2.75, 3.05) is 13.7 Å². The van der Waals surface area contributed by atoms with E-state index in [4.69, 9.17) is 24.0 Å². The minimum absolute atomic E-state index is 0.00729. The molecule has 0 amide bonds. The molecule has 4 N–H and O–H groups in total. The molecule has 0 saturated heterocycles. The zero-order chi connectivity index (χ0) is 29.7.